The first kappa shape index (κ1) is 17.7. The summed E-state index contributed by atoms with van der Waals surface area (Å²) in [5.74, 6) is 1.45. The van der Waals surface area contributed by atoms with E-state index in [0.29, 0.717) is 23.4 Å². The molecule has 28 heavy (non-hydrogen) atoms. The van der Waals surface area contributed by atoms with Gasteiger partial charge in [-0.3, -0.25) is 9.78 Å². The zero-order chi connectivity index (χ0) is 19.5. The fourth-order valence-electron chi connectivity index (χ4n) is 2.64. The molecular weight excluding hydrogens is 362 g/mol. The van der Waals surface area contributed by atoms with Crippen LogP contribution in [-0.2, 0) is 13.2 Å². The molecule has 0 aliphatic heterocycles. The van der Waals surface area contributed by atoms with Crippen molar-refractivity contribution in [2.75, 3.05) is 7.05 Å². The summed E-state index contributed by atoms with van der Waals surface area (Å²) in [5, 5.41) is 8.58. The Morgan fingerprint density at radius 2 is 2.11 bits per heavy atom. The summed E-state index contributed by atoms with van der Waals surface area (Å²) in [5.41, 5.74) is 1.07. The number of benzene rings is 1. The van der Waals surface area contributed by atoms with Gasteiger partial charge in [-0.1, -0.05) is 6.07 Å². The van der Waals surface area contributed by atoms with E-state index in [1.807, 2.05) is 30.3 Å². The third kappa shape index (κ3) is 3.83. The Balaban J connectivity index is 1.38. The van der Waals surface area contributed by atoms with Crippen molar-refractivity contribution < 1.29 is 18.4 Å². The topological polar surface area (TPSA) is 107 Å². The molecule has 0 unspecified atom stereocenters. The van der Waals surface area contributed by atoms with E-state index in [2.05, 4.69) is 20.2 Å². The fourth-order valence-corrected chi connectivity index (χ4v) is 2.64. The first-order valence-corrected chi connectivity index (χ1v) is 8.55. The number of nitrogens with zero attached hydrogens (tertiary/aromatic N) is 5. The molecule has 1 amide bonds. The van der Waals surface area contributed by atoms with Gasteiger partial charge in [0.25, 0.3) is 5.91 Å². The second-order valence-corrected chi connectivity index (χ2v) is 6.15. The van der Waals surface area contributed by atoms with Crippen LogP contribution < -0.4 is 4.74 Å². The van der Waals surface area contributed by atoms with Crippen molar-refractivity contribution in [2.24, 2.45) is 0 Å². The van der Waals surface area contributed by atoms with E-state index in [1.54, 1.807) is 20.2 Å². The highest BCUT2D eigenvalue weighted by Gasteiger charge is 2.19. The molecule has 9 heteroatoms. The lowest BCUT2D eigenvalue weighted by Gasteiger charge is -2.12. The highest BCUT2D eigenvalue weighted by molar-refractivity contribution is 5.91. The number of hydrogen-bond donors (Lipinski definition) is 0. The third-order valence-corrected chi connectivity index (χ3v) is 3.99. The Morgan fingerprint density at radius 3 is 2.93 bits per heavy atom. The van der Waals surface area contributed by atoms with Crippen molar-refractivity contribution in [3.05, 3.63) is 66.2 Å². The minimum absolute atomic E-state index is 0.103. The van der Waals surface area contributed by atoms with E-state index in [0.717, 1.165) is 10.9 Å². The van der Waals surface area contributed by atoms with Crippen molar-refractivity contribution in [3.63, 3.8) is 0 Å². The van der Waals surface area contributed by atoms with Gasteiger partial charge in [0.05, 0.1) is 12.1 Å². The van der Waals surface area contributed by atoms with Crippen LogP contribution >= 0.6 is 0 Å². The van der Waals surface area contributed by atoms with Crippen LogP contribution in [0.4, 0.5) is 0 Å². The number of ether oxygens (including phenoxy) is 1. The maximum Gasteiger partial charge on any atom is 0.276 e. The monoisotopic (exact) mass is 379 g/mol. The predicted molar refractivity (Wildman–Crippen MR) is 97.4 cm³/mol. The quantitative estimate of drug-likeness (QED) is 0.503. The normalized spacial score (nSPS) is 10.9. The summed E-state index contributed by atoms with van der Waals surface area (Å²) in [7, 11) is 1.62. The second-order valence-electron chi connectivity index (χ2n) is 6.15. The molecule has 1 aromatic carbocycles. The van der Waals surface area contributed by atoms with E-state index >= 15 is 0 Å². The number of hydrogen-bond acceptors (Lipinski definition) is 8. The number of oxazole rings is 1. The first-order chi connectivity index (χ1) is 13.6. The Bertz CT molecular complexity index is 1120. The van der Waals surface area contributed by atoms with Crippen LogP contribution in [0.1, 0.15) is 28.2 Å². The number of aryl methyl sites for hydroxylation is 1. The Kier molecular flexibility index (Phi) is 4.71. The van der Waals surface area contributed by atoms with Crippen molar-refractivity contribution in [2.45, 2.75) is 20.1 Å². The average Bonchev–Trinajstić information content (AvgIpc) is 3.34. The van der Waals surface area contributed by atoms with Crippen LogP contribution in [0.15, 0.2) is 51.6 Å². The summed E-state index contributed by atoms with van der Waals surface area (Å²) in [6, 6.07) is 9.41. The average molecular weight is 379 g/mol. The van der Waals surface area contributed by atoms with Crippen molar-refractivity contribution >= 4 is 16.8 Å². The van der Waals surface area contributed by atoms with E-state index in [9.17, 15) is 4.79 Å². The van der Waals surface area contributed by atoms with Gasteiger partial charge < -0.3 is 18.5 Å². The van der Waals surface area contributed by atoms with E-state index in [-0.39, 0.29) is 24.8 Å². The molecular formula is C19H17N5O4. The molecule has 0 spiro atoms. The molecule has 0 N–H and O–H groups in total. The van der Waals surface area contributed by atoms with Gasteiger partial charge in [-0.05, 0) is 24.3 Å². The molecule has 4 rings (SSSR count). The van der Waals surface area contributed by atoms with Gasteiger partial charge in [-0.15, -0.1) is 10.2 Å². The number of aromatic nitrogens is 4. The van der Waals surface area contributed by atoms with Crippen LogP contribution in [0.25, 0.3) is 10.9 Å². The van der Waals surface area contributed by atoms with E-state index < -0.39 is 0 Å². The van der Waals surface area contributed by atoms with Crippen molar-refractivity contribution in [1.29, 1.82) is 0 Å². The zero-order valence-corrected chi connectivity index (χ0v) is 15.3. The summed E-state index contributed by atoms with van der Waals surface area (Å²) in [4.78, 5) is 22.3. The van der Waals surface area contributed by atoms with Gasteiger partial charge in [0.15, 0.2) is 12.3 Å². The lowest BCUT2D eigenvalue weighted by Crippen LogP contribution is -2.26. The molecule has 142 valence electrons. The number of carbonyl (C=O) groups excluding carboxylic acids is 1. The van der Waals surface area contributed by atoms with Gasteiger partial charge in [0, 0.05) is 25.6 Å². The first-order valence-electron chi connectivity index (χ1n) is 8.55. The molecule has 0 bridgehead atoms. The number of rotatable bonds is 6. The molecule has 3 heterocycles. The van der Waals surface area contributed by atoms with E-state index in [4.69, 9.17) is 13.6 Å². The molecule has 0 radical (unpaired) electrons. The highest BCUT2D eigenvalue weighted by Crippen LogP contribution is 2.20. The van der Waals surface area contributed by atoms with Gasteiger partial charge in [0.1, 0.15) is 12.0 Å². The number of fused-ring (bicyclic) bond motifs is 1. The van der Waals surface area contributed by atoms with Crippen LogP contribution in [0.5, 0.6) is 5.75 Å². The third-order valence-electron chi connectivity index (χ3n) is 3.99. The lowest BCUT2D eigenvalue weighted by atomic mass is 10.2. The van der Waals surface area contributed by atoms with Crippen LogP contribution in [0.3, 0.4) is 0 Å². The van der Waals surface area contributed by atoms with E-state index in [1.165, 1.54) is 11.2 Å². The minimum Gasteiger partial charge on any atom is -0.484 e. The molecule has 0 atom stereocenters. The number of carbonyl (C=O) groups is 1. The predicted octanol–water partition coefficient (Wildman–Crippen LogP) is 2.77. The molecule has 0 saturated carbocycles. The fraction of sp³-hybridized carbons (Fsp3) is 0.211. The number of pyridine rings is 1. The smallest absolute Gasteiger partial charge is 0.276 e. The van der Waals surface area contributed by atoms with Gasteiger partial charge >= 0.3 is 0 Å². The zero-order valence-electron chi connectivity index (χ0n) is 15.3. The molecule has 0 aliphatic rings. The molecule has 3 aromatic heterocycles. The molecule has 9 nitrogen and oxygen atoms in total. The van der Waals surface area contributed by atoms with Crippen LogP contribution in [0, 0.1) is 6.92 Å². The largest absolute Gasteiger partial charge is 0.484 e. The summed E-state index contributed by atoms with van der Waals surface area (Å²) < 4.78 is 16.3. The Morgan fingerprint density at radius 1 is 1.21 bits per heavy atom. The maximum absolute atomic E-state index is 12.5. The van der Waals surface area contributed by atoms with Crippen molar-refractivity contribution in [3.8, 4) is 5.75 Å². The standard InChI is InChI=1S/C19H17N5O4/c1-12-22-23-17(28-12)9-24(2)19(25)16-10-27-18(21-16)11-26-14-5-6-15-13(8-14)4-3-7-20-15/h3-8,10H,9,11H2,1-2H3. The SMILES string of the molecule is Cc1nnc(CN(C)C(=O)c2coc(COc3ccc4ncccc4c3)n2)o1. The second kappa shape index (κ2) is 7.47. The van der Waals surface area contributed by atoms with Crippen molar-refractivity contribution in [1.82, 2.24) is 25.1 Å². The van der Waals surface area contributed by atoms with Crippen LogP contribution in [0.2, 0.25) is 0 Å². The van der Waals surface area contributed by atoms with Gasteiger partial charge in [-0.25, -0.2) is 4.98 Å². The Hall–Kier alpha value is -3.75. The minimum atomic E-state index is -0.317. The molecule has 0 fully saturated rings. The summed E-state index contributed by atoms with van der Waals surface area (Å²) in [6.45, 7) is 1.98. The molecule has 0 saturated heterocycles. The van der Waals surface area contributed by atoms with Crippen LogP contribution in [-0.4, -0.2) is 38.0 Å². The molecule has 0 aliphatic carbocycles. The summed E-state index contributed by atoms with van der Waals surface area (Å²) in [6.07, 6.45) is 3.05. The summed E-state index contributed by atoms with van der Waals surface area (Å²) >= 11 is 0. The lowest BCUT2D eigenvalue weighted by molar-refractivity contribution is 0.0766. The van der Waals surface area contributed by atoms with Gasteiger partial charge in [-0.2, -0.15) is 0 Å². The highest BCUT2D eigenvalue weighted by atomic mass is 16.5. The maximum atomic E-state index is 12.5. The molecule has 4 aromatic rings. The Labute approximate surface area is 160 Å². The van der Waals surface area contributed by atoms with Gasteiger partial charge in [0.2, 0.25) is 17.7 Å². The number of amides is 1.